The number of carbonyl (C=O) groups excluding carboxylic acids is 1. The van der Waals surface area contributed by atoms with Crippen molar-refractivity contribution in [2.45, 2.75) is 31.9 Å². The van der Waals surface area contributed by atoms with Crippen LogP contribution < -0.4 is 5.32 Å². The van der Waals surface area contributed by atoms with E-state index < -0.39 is 11.7 Å². The second-order valence-corrected chi connectivity index (χ2v) is 5.56. The number of carbonyl (C=O) groups is 1. The standard InChI is InChI=1S/C16H24N2O3/c1-2-21-15(19)17-13-16(20)8-10-18(11-9-16)12-14-6-4-3-5-7-14/h3-7,20H,2,8-13H2,1H3,(H,17,19). The van der Waals surface area contributed by atoms with Crippen LogP contribution in [0.15, 0.2) is 30.3 Å². The Morgan fingerprint density at radius 1 is 1.33 bits per heavy atom. The predicted octanol–water partition coefficient (Wildman–Crippen LogP) is 1.76. The number of rotatable bonds is 5. The molecule has 0 radical (unpaired) electrons. The van der Waals surface area contributed by atoms with Crippen molar-refractivity contribution in [1.29, 1.82) is 0 Å². The van der Waals surface area contributed by atoms with Crippen molar-refractivity contribution in [2.24, 2.45) is 0 Å². The van der Waals surface area contributed by atoms with Crippen LogP contribution in [0.5, 0.6) is 0 Å². The Balaban J connectivity index is 1.75. The number of ether oxygens (including phenoxy) is 1. The van der Waals surface area contributed by atoms with Gasteiger partial charge in [0.1, 0.15) is 0 Å². The smallest absolute Gasteiger partial charge is 0.407 e. The zero-order chi connectivity index (χ0) is 15.1. The van der Waals surface area contributed by atoms with E-state index in [0.29, 0.717) is 19.4 Å². The van der Waals surface area contributed by atoms with E-state index in [1.807, 2.05) is 18.2 Å². The Morgan fingerprint density at radius 2 is 2.00 bits per heavy atom. The highest BCUT2D eigenvalue weighted by Gasteiger charge is 2.32. The van der Waals surface area contributed by atoms with Gasteiger partial charge in [-0.25, -0.2) is 4.79 Å². The van der Waals surface area contributed by atoms with Gasteiger partial charge < -0.3 is 15.2 Å². The van der Waals surface area contributed by atoms with Gasteiger partial charge in [0.25, 0.3) is 0 Å². The van der Waals surface area contributed by atoms with Crippen LogP contribution >= 0.6 is 0 Å². The number of benzene rings is 1. The molecule has 0 bridgehead atoms. The molecular weight excluding hydrogens is 268 g/mol. The third-order valence-corrected chi connectivity index (χ3v) is 3.87. The zero-order valence-electron chi connectivity index (χ0n) is 12.5. The third kappa shape index (κ3) is 5.02. The van der Waals surface area contributed by atoms with E-state index in [9.17, 15) is 9.90 Å². The van der Waals surface area contributed by atoms with Gasteiger partial charge in [0.2, 0.25) is 0 Å². The van der Waals surface area contributed by atoms with Crippen molar-refractivity contribution >= 4 is 6.09 Å². The molecule has 1 aliphatic rings. The number of nitrogens with one attached hydrogen (secondary N) is 1. The first-order chi connectivity index (χ1) is 10.1. The second kappa shape index (κ2) is 7.43. The Bertz CT molecular complexity index is 442. The molecule has 0 aliphatic carbocycles. The number of likely N-dealkylation sites (tertiary alicyclic amines) is 1. The monoisotopic (exact) mass is 292 g/mol. The predicted molar refractivity (Wildman–Crippen MR) is 80.9 cm³/mol. The number of piperidine rings is 1. The number of amides is 1. The molecule has 1 fully saturated rings. The fourth-order valence-electron chi connectivity index (χ4n) is 2.56. The fourth-order valence-corrected chi connectivity index (χ4v) is 2.56. The average molecular weight is 292 g/mol. The minimum atomic E-state index is -0.819. The lowest BCUT2D eigenvalue weighted by Crippen LogP contribution is -2.50. The number of aliphatic hydroxyl groups is 1. The highest BCUT2D eigenvalue weighted by molar-refractivity contribution is 5.67. The molecule has 1 aromatic rings. The first kappa shape index (κ1) is 15.8. The van der Waals surface area contributed by atoms with Gasteiger partial charge >= 0.3 is 6.09 Å². The first-order valence-electron chi connectivity index (χ1n) is 7.50. The molecule has 1 amide bonds. The van der Waals surface area contributed by atoms with Crippen molar-refractivity contribution in [3.05, 3.63) is 35.9 Å². The van der Waals surface area contributed by atoms with Crippen LogP contribution in [0.2, 0.25) is 0 Å². The van der Waals surface area contributed by atoms with Gasteiger partial charge in [-0.15, -0.1) is 0 Å². The molecule has 5 nitrogen and oxygen atoms in total. The molecule has 2 rings (SSSR count). The molecule has 1 aliphatic heterocycles. The molecule has 2 N–H and O–H groups in total. The molecule has 0 spiro atoms. The maximum Gasteiger partial charge on any atom is 0.407 e. The zero-order valence-corrected chi connectivity index (χ0v) is 12.5. The summed E-state index contributed by atoms with van der Waals surface area (Å²) in [4.78, 5) is 13.6. The Hall–Kier alpha value is -1.59. The third-order valence-electron chi connectivity index (χ3n) is 3.87. The SMILES string of the molecule is CCOC(=O)NCC1(O)CCN(Cc2ccccc2)CC1. The molecular formula is C16H24N2O3. The number of hydrogen-bond acceptors (Lipinski definition) is 4. The molecule has 116 valence electrons. The van der Waals surface area contributed by atoms with Gasteiger partial charge in [0.15, 0.2) is 0 Å². The van der Waals surface area contributed by atoms with Crippen LogP contribution in [0.4, 0.5) is 4.79 Å². The number of nitrogens with zero attached hydrogens (tertiary/aromatic N) is 1. The van der Waals surface area contributed by atoms with E-state index in [0.717, 1.165) is 19.6 Å². The van der Waals surface area contributed by atoms with E-state index in [1.54, 1.807) is 6.92 Å². The topological polar surface area (TPSA) is 61.8 Å². The quantitative estimate of drug-likeness (QED) is 0.868. The average Bonchev–Trinajstić information content (AvgIpc) is 2.50. The van der Waals surface area contributed by atoms with E-state index in [-0.39, 0.29) is 6.54 Å². The normalized spacial score (nSPS) is 18.2. The van der Waals surface area contributed by atoms with Crippen LogP contribution in [-0.2, 0) is 11.3 Å². The maximum atomic E-state index is 11.3. The summed E-state index contributed by atoms with van der Waals surface area (Å²) in [5.41, 5.74) is 0.465. The molecule has 1 aromatic carbocycles. The molecule has 0 atom stereocenters. The summed E-state index contributed by atoms with van der Waals surface area (Å²) in [6, 6.07) is 10.3. The lowest BCUT2D eigenvalue weighted by Gasteiger charge is -2.38. The second-order valence-electron chi connectivity index (χ2n) is 5.56. The lowest BCUT2D eigenvalue weighted by atomic mass is 9.91. The van der Waals surface area contributed by atoms with Gasteiger partial charge in [-0.2, -0.15) is 0 Å². The highest BCUT2D eigenvalue weighted by Crippen LogP contribution is 2.22. The number of alkyl carbamates (subject to hydrolysis) is 1. The summed E-state index contributed by atoms with van der Waals surface area (Å²) in [6.07, 6.45) is 0.857. The Labute approximate surface area is 125 Å². The molecule has 0 aromatic heterocycles. The minimum Gasteiger partial charge on any atom is -0.450 e. The van der Waals surface area contributed by atoms with Crippen LogP contribution in [0.25, 0.3) is 0 Å². The van der Waals surface area contributed by atoms with Crippen LogP contribution in [-0.4, -0.2) is 47.9 Å². The van der Waals surface area contributed by atoms with Crippen LogP contribution in [0.3, 0.4) is 0 Å². The van der Waals surface area contributed by atoms with Crippen LogP contribution in [0.1, 0.15) is 25.3 Å². The van der Waals surface area contributed by atoms with Gasteiger partial charge in [-0.3, -0.25) is 4.90 Å². The lowest BCUT2D eigenvalue weighted by molar-refractivity contribution is -0.0215. The van der Waals surface area contributed by atoms with Gasteiger partial charge in [0, 0.05) is 26.2 Å². The van der Waals surface area contributed by atoms with E-state index in [4.69, 9.17) is 4.74 Å². The summed E-state index contributed by atoms with van der Waals surface area (Å²) in [6.45, 7) is 4.92. The van der Waals surface area contributed by atoms with E-state index in [2.05, 4.69) is 22.3 Å². The largest absolute Gasteiger partial charge is 0.450 e. The van der Waals surface area contributed by atoms with E-state index in [1.165, 1.54) is 5.56 Å². The van der Waals surface area contributed by atoms with E-state index >= 15 is 0 Å². The maximum absolute atomic E-state index is 11.3. The molecule has 0 unspecified atom stereocenters. The molecule has 1 heterocycles. The van der Waals surface area contributed by atoms with Crippen molar-refractivity contribution in [2.75, 3.05) is 26.2 Å². The van der Waals surface area contributed by atoms with Crippen molar-refractivity contribution < 1.29 is 14.6 Å². The summed E-state index contributed by atoms with van der Waals surface area (Å²) >= 11 is 0. The number of hydrogen-bond donors (Lipinski definition) is 2. The summed E-state index contributed by atoms with van der Waals surface area (Å²) in [7, 11) is 0. The first-order valence-corrected chi connectivity index (χ1v) is 7.50. The van der Waals surface area contributed by atoms with Crippen molar-refractivity contribution in [3.8, 4) is 0 Å². The minimum absolute atomic E-state index is 0.255. The Kier molecular flexibility index (Phi) is 5.59. The van der Waals surface area contributed by atoms with Gasteiger partial charge in [-0.05, 0) is 25.3 Å². The van der Waals surface area contributed by atoms with Crippen molar-refractivity contribution in [1.82, 2.24) is 10.2 Å². The van der Waals surface area contributed by atoms with Gasteiger partial charge in [0.05, 0.1) is 12.2 Å². The molecule has 0 saturated carbocycles. The van der Waals surface area contributed by atoms with Gasteiger partial charge in [-0.1, -0.05) is 30.3 Å². The highest BCUT2D eigenvalue weighted by atomic mass is 16.5. The molecule has 21 heavy (non-hydrogen) atoms. The Morgan fingerprint density at radius 3 is 2.62 bits per heavy atom. The molecule has 5 heteroatoms. The summed E-state index contributed by atoms with van der Waals surface area (Å²) in [5.74, 6) is 0. The summed E-state index contributed by atoms with van der Waals surface area (Å²) < 4.78 is 4.81. The molecule has 1 saturated heterocycles. The van der Waals surface area contributed by atoms with Crippen LogP contribution in [0, 0.1) is 0 Å². The van der Waals surface area contributed by atoms with Crippen molar-refractivity contribution in [3.63, 3.8) is 0 Å². The fraction of sp³-hybridized carbons (Fsp3) is 0.562. The summed E-state index contributed by atoms with van der Waals surface area (Å²) in [5, 5.41) is 13.1.